The van der Waals surface area contributed by atoms with Gasteiger partial charge >= 0.3 is 5.97 Å². The highest BCUT2D eigenvalue weighted by molar-refractivity contribution is 5.82. The summed E-state index contributed by atoms with van der Waals surface area (Å²) in [7, 11) is 0. The largest absolute Gasteiger partial charge is 0.480 e. The molecule has 2 N–H and O–H groups in total. The van der Waals surface area contributed by atoms with Gasteiger partial charge in [-0.05, 0) is 13.0 Å². The second-order valence-corrected chi connectivity index (χ2v) is 5.82. The van der Waals surface area contributed by atoms with Gasteiger partial charge in [-0.1, -0.05) is 6.07 Å². The lowest BCUT2D eigenvalue weighted by Crippen LogP contribution is -2.50. The van der Waals surface area contributed by atoms with E-state index in [1.807, 2.05) is 11.8 Å². The van der Waals surface area contributed by atoms with E-state index < -0.39 is 17.6 Å². The average molecular weight is 341 g/mol. The maximum absolute atomic E-state index is 13.9. The lowest BCUT2D eigenvalue weighted by Gasteiger charge is -2.38. The summed E-state index contributed by atoms with van der Waals surface area (Å²) < 4.78 is 26.9. The predicted octanol–water partition coefficient (Wildman–Crippen LogP) is 0.844. The molecule has 1 atom stereocenters. The number of piperazine rings is 1. The molecule has 8 heteroatoms. The van der Waals surface area contributed by atoms with Crippen molar-refractivity contribution in [2.75, 3.05) is 39.3 Å². The molecule has 24 heavy (non-hydrogen) atoms. The highest BCUT2D eigenvalue weighted by Gasteiger charge is 2.24. The molecular formula is C16H21F2N3O3. The van der Waals surface area contributed by atoms with Gasteiger partial charge < -0.3 is 10.4 Å². The number of amides is 1. The second kappa shape index (κ2) is 8.16. The van der Waals surface area contributed by atoms with Crippen LogP contribution in [0.2, 0.25) is 0 Å². The second-order valence-electron chi connectivity index (χ2n) is 5.82. The number of hydrogen-bond acceptors (Lipinski definition) is 4. The molecule has 1 aromatic carbocycles. The van der Waals surface area contributed by atoms with Crippen molar-refractivity contribution in [3.8, 4) is 0 Å². The number of hydrogen-bond donors (Lipinski definition) is 2. The highest BCUT2D eigenvalue weighted by Crippen LogP contribution is 2.24. The summed E-state index contributed by atoms with van der Waals surface area (Å²) in [5.41, 5.74) is 0.448. The minimum absolute atomic E-state index is 0.139. The maximum atomic E-state index is 13.9. The molecule has 1 fully saturated rings. The lowest BCUT2D eigenvalue weighted by molar-refractivity contribution is -0.138. The van der Waals surface area contributed by atoms with E-state index in [2.05, 4.69) is 10.2 Å². The van der Waals surface area contributed by atoms with E-state index in [1.54, 1.807) is 0 Å². The predicted molar refractivity (Wildman–Crippen MR) is 83.4 cm³/mol. The number of carbonyl (C=O) groups is 2. The fourth-order valence-corrected chi connectivity index (χ4v) is 2.78. The first-order valence-corrected chi connectivity index (χ1v) is 7.76. The van der Waals surface area contributed by atoms with E-state index >= 15 is 0 Å². The molecule has 132 valence electrons. The smallest absolute Gasteiger partial charge is 0.322 e. The third-order valence-corrected chi connectivity index (χ3v) is 4.17. The van der Waals surface area contributed by atoms with Gasteiger partial charge in [0.1, 0.15) is 18.2 Å². The van der Waals surface area contributed by atoms with Gasteiger partial charge in [-0.2, -0.15) is 0 Å². The van der Waals surface area contributed by atoms with Crippen molar-refractivity contribution in [3.05, 3.63) is 35.4 Å². The number of nitrogens with one attached hydrogen (secondary N) is 1. The van der Waals surface area contributed by atoms with Crippen LogP contribution in [-0.2, 0) is 9.59 Å². The molecule has 1 unspecified atom stereocenters. The Morgan fingerprint density at radius 2 is 1.92 bits per heavy atom. The molecule has 1 aliphatic heterocycles. The summed E-state index contributed by atoms with van der Waals surface area (Å²) in [4.78, 5) is 26.0. The Kier molecular flexibility index (Phi) is 6.22. The van der Waals surface area contributed by atoms with E-state index in [1.165, 1.54) is 12.1 Å². The summed E-state index contributed by atoms with van der Waals surface area (Å²) in [6.07, 6.45) is 0. The number of carboxylic acid groups (broad SMARTS) is 1. The zero-order valence-electron chi connectivity index (χ0n) is 13.5. The summed E-state index contributed by atoms with van der Waals surface area (Å²) in [5, 5.41) is 10.8. The number of carboxylic acids is 1. The van der Waals surface area contributed by atoms with Gasteiger partial charge in [-0.3, -0.25) is 19.4 Å². The molecule has 1 aliphatic rings. The van der Waals surface area contributed by atoms with E-state index in [-0.39, 0.29) is 25.0 Å². The van der Waals surface area contributed by atoms with Gasteiger partial charge in [-0.15, -0.1) is 0 Å². The summed E-state index contributed by atoms with van der Waals surface area (Å²) >= 11 is 0. The molecule has 0 aliphatic carbocycles. The maximum Gasteiger partial charge on any atom is 0.322 e. The van der Waals surface area contributed by atoms with Crippen LogP contribution in [0, 0.1) is 11.6 Å². The molecule has 0 aromatic heterocycles. The average Bonchev–Trinajstić information content (AvgIpc) is 2.53. The van der Waals surface area contributed by atoms with E-state index in [0.29, 0.717) is 31.7 Å². The highest BCUT2D eigenvalue weighted by atomic mass is 19.1. The van der Waals surface area contributed by atoms with Crippen LogP contribution in [0.4, 0.5) is 8.78 Å². The Bertz CT molecular complexity index is 604. The van der Waals surface area contributed by atoms with Crippen molar-refractivity contribution in [2.24, 2.45) is 0 Å². The van der Waals surface area contributed by atoms with Crippen molar-refractivity contribution >= 4 is 11.9 Å². The van der Waals surface area contributed by atoms with Crippen molar-refractivity contribution in [1.29, 1.82) is 0 Å². The number of halogens is 2. The van der Waals surface area contributed by atoms with Gasteiger partial charge in [-0.25, -0.2) is 8.78 Å². The fraction of sp³-hybridized carbons (Fsp3) is 0.500. The van der Waals surface area contributed by atoms with Crippen LogP contribution in [0.3, 0.4) is 0 Å². The molecule has 1 amide bonds. The number of nitrogens with zero attached hydrogens (tertiary/aromatic N) is 2. The molecule has 6 nitrogen and oxygen atoms in total. The molecule has 0 bridgehead atoms. The minimum atomic E-state index is -1.08. The Morgan fingerprint density at radius 3 is 2.50 bits per heavy atom. The van der Waals surface area contributed by atoms with Crippen LogP contribution in [0.5, 0.6) is 0 Å². The standard InChI is InChI=1S/C16H21F2N3O3/c1-11(13-3-2-12(17)8-14(13)18)21-6-4-20(5-7-21)10-15(22)19-9-16(23)24/h2-3,8,11H,4-7,9-10H2,1H3,(H,19,22)(H,23,24). The molecular weight excluding hydrogens is 320 g/mol. The summed E-state index contributed by atoms with van der Waals surface area (Å²) in [5.74, 6) is -2.56. The molecule has 1 heterocycles. The fourth-order valence-electron chi connectivity index (χ4n) is 2.78. The van der Waals surface area contributed by atoms with E-state index in [0.717, 1.165) is 6.07 Å². The Hall–Kier alpha value is -2.06. The summed E-state index contributed by atoms with van der Waals surface area (Å²) in [6, 6.07) is 3.40. The van der Waals surface area contributed by atoms with Gasteiger partial charge in [0.05, 0.1) is 6.54 Å². The van der Waals surface area contributed by atoms with Crippen molar-refractivity contribution in [1.82, 2.24) is 15.1 Å². The van der Waals surface area contributed by atoms with E-state index in [4.69, 9.17) is 5.11 Å². The van der Waals surface area contributed by atoms with Crippen LogP contribution < -0.4 is 5.32 Å². The van der Waals surface area contributed by atoms with Crippen LogP contribution in [0.1, 0.15) is 18.5 Å². The molecule has 0 saturated carbocycles. The normalized spacial score (nSPS) is 17.5. The molecule has 1 aromatic rings. The van der Waals surface area contributed by atoms with Gasteiger partial charge in [0.25, 0.3) is 0 Å². The molecule has 1 saturated heterocycles. The van der Waals surface area contributed by atoms with Crippen molar-refractivity contribution in [2.45, 2.75) is 13.0 Å². The Balaban J connectivity index is 1.83. The first-order valence-electron chi connectivity index (χ1n) is 7.76. The Labute approximate surface area is 139 Å². The molecule has 0 radical (unpaired) electrons. The lowest BCUT2D eigenvalue weighted by atomic mass is 10.1. The number of aliphatic carboxylic acids is 1. The van der Waals surface area contributed by atoms with Crippen LogP contribution in [-0.4, -0.2) is 66.1 Å². The van der Waals surface area contributed by atoms with Crippen molar-refractivity contribution < 1.29 is 23.5 Å². The first-order chi connectivity index (χ1) is 11.4. The quantitative estimate of drug-likeness (QED) is 0.802. The topological polar surface area (TPSA) is 72.9 Å². The van der Waals surface area contributed by atoms with Crippen LogP contribution >= 0.6 is 0 Å². The summed E-state index contributed by atoms with van der Waals surface area (Å²) in [6.45, 7) is 4.14. The van der Waals surface area contributed by atoms with Gasteiger partial charge in [0.2, 0.25) is 5.91 Å². The SMILES string of the molecule is CC(c1ccc(F)cc1F)N1CCN(CC(=O)NCC(=O)O)CC1. The Morgan fingerprint density at radius 1 is 1.25 bits per heavy atom. The van der Waals surface area contributed by atoms with Crippen LogP contribution in [0.25, 0.3) is 0 Å². The third-order valence-electron chi connectivity index (χ3n) is 4.17. The van der Waals surface area contributed by atoms with Gasteiger partial charge in [0.15, 0.2) is 0 Å². The van der Waals surface area contributed by atoms with E-state index in [9.17, 15) is 18.4 Å². The third kappa shape index (κ3) is 4.97. The first kappa shape index (κ1) is 18.3. The number of rotatable bonds is 6. The molecule has 0 spiro atoms. The number of benzene rings is 1. The van der Waals surface area contributed by atoms with Crippen molar-refractivity contribution in [3.63, 3.8) is 0 Å². The minimum Gasteiger partial charge on any atom is -0.480 e. The zero-order chi connectivity index (χ0) is 17.7. The zero-order valence-corrected chi connectivity index (χ0v) is 13.5. The molecule has 2 rings (SSSR count). The van der Waals surface area contributed by atoms with Crippen LogP contribution in [0.15, 0.2) is 18.2 Å². The monoisotopic (exact) mass is 341 g/mol. The number of carbonyl (C=O) groups excluding carboxylic acids is 1. The van der Waals surface area contributed by atoms with Gasteiger partial charge in [0, 0.05) is 43.9 Å².